The molecule has 1 aromatic carbocycles. The first-order valence-corrected chi connectivity index (χ1v) is 7.65. The molecule has 0 saturated carbocycles. The SMILES string of the molecule is COc1cc(C(=O)OCC(C)(C)C)ccc1OP(=O)(O)O. The van der Waals surface area contributed by atoms with Crippen LogP contribution in [-0.4, -0.2) is 29.5 Å². The number of rotatable bonds is 5. The van der Waals surface area contributed by atoms with Crippen LogP contribution in [0.2, 0.25) is 0 Å². The van der Waals surface area contributed by atoms with E-state index in [1.165, 1.54) is 25.3 Å². The molecule has 0 bridgehead atoms. The van der Waals surface area contributed by atoms with Gasteiger partial charge in [-0.2, -0.15) is 0 Å². The molecule has 1 aromatic rings. The van der Waals surface area contributed by atoms with E-state index in [4.69, 9.17) is 19.3 Å². The van der Waals surface area contributed by atoms with Crippen LogP contribution in [0.1, 0.15) is 31.1 Å². The van der Waals surface area contributed by atoms with Crippen molar-refractivity contribution in [3.05, 3.63) is 23.8 Å². The average molecular weight is 318 g/mol. The highest BCUT2D eigenvalue weighted by Gasteiger charge is 2.21. The van der Waals surface area contributed by atoms with Crippen LogP contribution in [0.15, 0.2) is 18.2 Å². The predicted molar refractivity (Wildman–Crippen MR) is 75.4 cm³/mol. The molecule has 0 heterocycles. The topological polar surface area (TPSA) is 102 Å². The molecule has 0 aliphatic heterocycles. The molecule has 7 nitrogen and oxygen atoms in total. The number of hydrogen-bond acceptors (Lipinski definition) is 5. The van der Waals surface area contributed by atoms with Crippen molar-refractivity contribution >= 4 is 13.8 Å². The predicted octanol–water partition coefficient (Wildman–Crippen LogP) is 2.37. The third-order valence-electron chi connectivity index (χ3n) is 2.25. The maximum absolute atomic E-state index is 11.9. The van der Waals surface area contributed by atoms with Crippen LogP contribution in [0.5, 0.6) is 11.5 Å². The Labute approximate surface area is 123 Å². The number of phosphoric ester groups is 1. The standard InChI is InChI=1S/C13H19O7P/c1-13(2,3)8-19-12(14)9-5-6-10(11(7-9)18-4)20-21(15,16)17/h5-7H,8H2,1-4H3,(H2,15,16,17). The van der Waals surface area contributed by atoms with E-state index in [-0.39, 0.29) is 29.1 Å². The Hall–Kier alpha value is -1.56. The monoisotopic (exact) mass is 318 g/mol. The van der Waals surface area contributed by atoms with Crippen LogP contribution in [0.3, 0.4) is 0 Å². The second-order valence-corrected chi connectivity index (χ2v) is 6.75. The van der Waals surface area contributed by atoms with Gasteiger partial charge in [-0.1, -0.05) is 20.8 Å². The van der Waals surface area contributed by atoms with Gasteiger partial charge < -0.3 is 14.0 Å². The Bertz CT molecular complexity index is 556. The molecule has 0 aliphatic carbocycles. The minimum absolute atomic E-state index is 0.0310. The van der Waals surface area contributed by atoms with Crippen molar-refractivity contribution in [1.29, 1.82) is 0 Å². The summed E-state index contributed by atoms with van der Waals surface area (Å²) in [5.41, 5.74) is 0.0395. The Balaban J connectivity index is 2.91. The van der Waals surface area contributed by atoms with Crippen molar-refractivity contribution in [2.24, 2.45) is 5.41 Å². The lowest BCUT2D eigenvalue weighted by Gasteiger charge is -2.18. The van der Waals surface area contributed by atoms with Crippen molar-refractivity contribution in [3.63, 3.8) is 0 Å². The molecule has 8 heteroatoms. The lowest BCUT2D eigenvalue weighted by molar-refractivity contribution is 0.0366. The highest BCUT2D eigenvalue weighted by molar-refractivity contribution is 7.46. The van der Waals surface area contributed by atoms with E-state index in [1.807, 2.05) is 20.8 Å². The molecule has 0 atom stereocenters. The molecule has 0 amide bonds. The van der Waals surface area contributed by atoms with Gasteiger partial charge in [0.25, 0.3) is 0 Å². The van der Waals surface area contributed by atoms with Gasteiger partial charge in [-0.25, -0.2) is 9.36 Å². The third kappa shape index (κ3) is 6.16. The molecule has 1 rings (SSSR count). The Morgan fingerprint density at radius 3 is 2.33 bits per heavy atom. The summed E-state index contributed by atoms with van der Waals surface area (Å²) in [7, 11) is -3.40. The van der Waals surface area contributed by atoms with Gasteiger partial charge in [-0.05, 0) is 23.6 Å². The van der Waals surface area contributed by atoms with Crippen molar-refractivity contribution in [1.82, 2.24) is 0 Å². The first-order valence-electron chi connectivity index (χ1n) is 6.12. The van der Waals surface area contributed by atoms with Gasteiger partial charge in [0.15, 0.2) is 11.5 Å². The zero-order valence-electron chi connectivity index (χ0n) is 12.3. The summed E-state index contributed by atoms with van der Waals surface area (Å²) >= 11 is 0. The number of carbonyl (C=O) groups excluding carboxylic acids is 1. The summed E-state index contributed by atoms with van der Waals surface area (Å²) in [6.07, 6.45) is 0. The molecule has 0 fully saturated rings. The molecule has 2 N–H and O–H groups in total. The summed E-state index contributed by atoms with van der Waals surface area (Å²) < 4.78 is 25.4. The number of esters is 1. The summed E-state index contributed by atoms with van der Waals surface area (Å²) in [4.78, 5) is 29.5. The highest BCUT2D eigenvalue weighted by Crippen LogP contribution is 2.42. The van der Waals surface area contributed by atoms with E-state index in [0.717, 1.165) is 0 Å². The van der Waals surface area contributed by atoms with Crippen molar-refractivity contribution < 1.29 is 33.1 Å². The zero-order chi connectivity index (χ0) is 16.3. The van der Waals surface area contributed by atoms with E-state index in [0.29, 0.717) is 0 Å². The fourth-order valence-corrected chi connectivity index (χ4v) is 1.77. The number of ether oxygens (including phenoxy) is 2. The third-order valence-corrected chi connectivity index (χ3v) is 2.69. The van der Waals surface area contributed by atoms with E-state index in [2.05, 4.69) is 4.52 Å². The first kappa shape index (κ1) is 17.5. The van der Waals surface area contributed by atoms with Crippen molar-refractivity contribution in [2.45, 2.75) is 20.8 Å². The number of hydrogen-bond donors (Lipinski definition) is 2. The Morgan fingerprint density at radius 2 is 1.86 bits per heavy atom. The van der Waals surface area contributed by atoms with Crippen LogP contribution in [-0.2, 0) is 9.30 Å². The molecule has 0 unspecified atom stereocenters. The molecule has 21 heavy (non-hydrogen) atoms. The summed E-state index contributed by atoms with van der Waals surface area (Å²) in [5, 5.41) is 0. The van der Waals surface area contributed by atoms with E-state index >= 15 is 0 Å². The fraction of sp³-hybridized carbons (Fsp3) is 0.462. The molecule has 0 aliphatic rings. The van der Waals surface area contributed by atoms with E-state index in [9.17, 15) is 9.36 Å². The van der Waals surface area contributed by atoms with Gasteiger partial charge in [0.05, 0.1) is 19.3 Å². The summed E-state index contributed by atoms with van der Waals surface area (Å²) in [5.74, 6) is -0.673. The maximum Gasteiger partial charge on any atom is 0.524 e. The van der Waals surface area contributed by atoms with Crippen LogP contribution in [0.25, 0.3) is 0 Å². The molecule has 0 aromatic heterocycles. The fourth-order valence-electron chi connectivity index (χ4n) is 1.36. The molecule has 0 radical (unpaired) electrons. The van der Waals surface area contributed by atoms with Crippen LogP contribution in [0, 0.1) is 5.41 Å². The van der Waals surface area contributed by atoms with Crippen molar-refractivity contribution in [3.8, 4) is 11.5 Å². The average Bonchev–Trinajstić information content (AvgIpc) is 2.33. The van der Waals surface area contributed by atoms with E-state index in [1.54, 1.807) is 0 Å². The van der Waals surface area contributed by atoms with Crippen LogP contribution < -0.4 is 9.26 Å². The van der Waals surface area contributed by atoms with E-state index < -0.39 is 13.8 Å². The minimum atomic E-state index is -4.70. The quantitative estimate of drug-likeness (QED) is 0.634. The van der Waals surface area contributed by atoms with Crippen LogP contribution in [0.4, 0.5) is 0 Å². The lowest BCUT2D eigenvalue weighted by Crippen LogP contribution is -2.18. The number of phosphoric acid groups is 1. The van der Waals surface area contributed by atoms with Gasteiger partial charge in [-0.15, -0.1) is 0 Å². The second kappa shape index (κ2) is 6.47. The Kier molecular flexibility index (Phi) is 5.39. The number of carbonyl (C=O) groups is 1. The van der Waals surface area contributed by atoms with Gasteiger partial charge in [0.1, 0.15) is 0 Å². The molecule has 118 valence electrons. The lowest BCUT2D eigenvalue weighted by atomic mass is 9.99. The van der Waals surface area contributed by atoms with Crippen molar-refractivity contribution in [2.75, 3.05) is 13.7 Å². The number of methoxy groups -OCH3 is 1. The van der Waals surface area contributed by atoms with Gasteiger partial charge in [-0.3, -0.25) is 9.79 Å². The minimum Gasteiger partial charge on any atom is -0.493 e. The first-order chi connectivity index (χ1) is 9.52. The van der Waals surface area contributed by atoms with Gasteiger partial charge in [0, 0.05) is 0 Å². The summed E-state index contributed by atoms with van der Waals surface area (Å²) in [6, 6.07) is 3.89. The Morgan fingerprint density at radius 1 is 1.24 bits per heavy atom. The zero-order valence-corrected chi connectivity index (χ0v) is 13.2. The van der Waals surface area contributed by atoms with Gasteiger partial charge >= 0.3 is 13.8 Å². The molecule has 0 saturated heterocycles. The number of benzene rings is 1. The molecular weight excluding hydrogens is 299 g/mol. The second-order valence-electron chi connectivity index (χ2n) is 5.58. The normalized spacial score (nSPS) is 11.9. The maximum atomic E-state index is 11.9. The molecule has 0 spiro atoms. The van der Waals surface area contributed by atoms with Gasteiger partial charge in [0.2, 0.25) is 0 Å². The smallest absolute Gasteiger partial charge is 0.493 e. The van der Waals surface area contributed by atoms with Crippen LogP contribution >= 0.6 is 7.82 Å². The highest BCUT2D eigenvalue weighted by atomic mass is 31.2. The molecular formula is C13H19O7P. The summed E-state index contributed by atoms with van der Waals surface area (Å²) in [6.45, 7) is 6.03. The largest absolute Gasteiger partial charge is 0.524 e.